The van der Waals surface area contributed by atoms with Crippen LogP contribution in [-0.4, -0.2) is 4.57 Å². The SMILES string of the molecule is c1ccc(Nc2ccc(-c3ccc4c(c3)c3ccccc3n4-c3cccc(-c4ccccc4)c3)cc2-c2ccc(-c3ccccc3)cc2)cc1. The molecule has 9 aromatic rings. The molecule has 0 atom stereocenters. The van der Waals surface area contributed by atoms with Gasteiger partial charge in [-0.1, -0.05) is 146 Å². The Labute approximate surface area is 292 Å². The molecule has 0 aliphatic heterocycles. The molecule has 0 aliphatic rings. The number of fused-ring (bicyclic) bond motifs is 3. The Morgan fingerprint density at radius 2 is 0.840 bits per heavy atom. The number of hydrogen-bond donors (Lipinski definition) is 1. The van der Waals surface area contributed by atoms with E-state index in [2.05, 4.69) is 204 Å². The largest absolute Gasteiger partial charge is 0.355 e. The molecule has 0 saturated carbocycles. The summed E-state index contributed by atoms with van der Waals surface area (Å²) in [5, 5.41) is 6.17. The molecular formula is C48H34N2. The number of nitrogens with zero attached hydrogens (tertiary/aromatic N) is 1. The van der Waals surface area contributed by atoms with E-state index in [9.17, 15) is 0 Å². The topological polar surface area (TPSA) is 17.0 Å². The van der Waals surface area contributed by atoms with Gasteiger partial charge in [0.25, 0.3) is 0 Å². The van der Waals surface area contributed by atoms with Gasteiger partial charge in [0.2, 0.25) is 0 Å². The molecule has 0 radical (unpaired) electrons. The maximum Gasteiger partial charge on any atom is 0.0541 e. The fourth-order valence-corrected chi connectivity index (χ4v) is 7.11. The first-order chi connectivity index (χ1) is 24.8. The van der Waals surface area contributed by atoms with E-state index in [1.807, 2.05) is 6.07 Å². The van der Waals surface area contributed by atoms with Crippen LogP contribution in [0.3, 0.4) is 0 Å². The smallest absolute Gasteiger partial charge is 0.0541 e. The number of rotatable bonds is 7. The van der Waals surface area contributed by atoms with Crippen molar-refractivity contribution >= 4 is 33.2 Å². The molecule has 1 N–H and O–H groups in total. The number of nitrogens with one attached hydrogen (secondary N) is 1. The minimum Gasteiger partial charge on any atom is -0.355 e. The third-order valence-electron chi connectivity index (χ3n) is 9.59. The van der Waals surface area contributed by atoms with Crippen LogP contribution in [-0.2, 0) is 0 Å². The number of para-hydroxylation sites is 2. The van der Waals surface area contributed by atoms with Gasteiger partial charge >= 0.3 is 0 Å². The third kappa shape index (κ3) is 5.53. The van der Waals surface area contributed by atoms with Crippen molar-refractivity contribution in [1.29, 1.82) is 0 Å². The van der Waals surface area contributed by atoms with Gasteiger partial charge in [0.15, 0.2) is 0 Å². The van der Waals surface area contributed by atoms with E-state index in [1.165, 1.54) is 60.8 Å². The second-order valence-corrected chi connectivity index (χ2v) is 12.7. The first kappa shape index (κ1) is 29.5. The Bertz CT molecular complexity index is 2580. The zero-order chi connectivity index (χ0) is 33.3. The average molecular weight is 639 g/mol. The maximum atomic E-state index is 3.68. The molecule has 0 unspecified atom stereocenters. The summed E-state index contributed by atoms with van der Waals surface area (Å²) >= 11 is 0. The molecule has 0 amide bonds. The van der Waals surface area contributed by atoms with Crippen molar-refractivity contribution in [1.82, 2.24) is 4.57 Å². The van der Waals surface area contributed by atoms with Gasteiger partial charge in [-0.2, -0.15) is 0 Å². The first-order valence-electron chi connectivity index (χ1n) is 17.1. The highest BCUT2D eigenvalue weighted by Gasteiger charge is 2.15. The molecule has 0 saturated heterocycles. The summed E-state index contributed by atoms with van der Waals surface area (Å²) in [5.41, 5.74) is 15.2. The van der Waals surface area contributed by atoms with Crippen molar-refractivity contribution < 1.29 is 0 Å². The van der Waals surface area contributed by atoms with Crippen LogP contribution in [0.4, 0.5) is 11.4 Å². The highest BCUT2D eigenvalue weighted by atomic mass is 15.0. The molecular weight excluding hydrogens is 605 g/mol. The number of hydrogen-bond acceptors (Lipinski definition) is 1. The summed E-state index contributed by atoms with van der Waals surface area (Å²) in [6.45, 7) is 0. The lowest BCUT2D eigenvalue weighted by atomic mass is 9.95. The molecule has 50 heavy (non-hydrogen) atoms. The van der Waals surface area contributed by atoms with Crippen LogP contribution >= 0.6 is 0 Å². The van der Waals surface area contributed by atoms with Gasteiger partial charge in [0, 0.05) is 33.4 Å². The Morgan fingerprint density at radius 1 is 0.320 bits per heavy atom. The van der Waals surface area contributed by atoms with Crippen LogP contribution < -0.4 is 5.32 Å². The van der Waals surface area contributed by atoms with Crippen LogP contribution in [0.15, 0.2) is 200 Å². The van der Waals surface area contributed by atoms with E-state index >= 15 is 0 Å². The molecule has 1 aromatic heterocycles. The van der Waals surface area contributed by atoms with Gasteiger partial charge < -0.3 is 9.88 Å². The molecule has 0 spiro atoms. The summed E-state index contributed by atoms with van der Waals surface area (Å²) in [4.78, 5) is 0. The fourth-order valence-electron chi connectivity index (χ4n) is 7.11. The van der Waals surface area contributed by atoms with E-state index in [1.54, 1.807) is 0 Å². The van der Waals surface area contributed by atoms with Crippen molar-refractivity contribution in [2.45, 2.75) is 0 Å². The highest BCUT2D eigenvalue weighted by Crippen LogP contribution is 2.39. The van der Waals surface area contributed by atoms with Gasteiger partial charge in [0.05, 0.1) is 11.0 Å². The zero-order valence-corrected chi connectivity index (χ0v) is 27.5. The lowest BCUT2D eigenvalue weighted by Crippen LogP contribution is -1.95. The molecule has 9 rings (SSSR count). The maximum absolute atomic E-state index is 3.68. The van der Waals surface area contributed by atoms with Crippen molar-refractivity contribution in [3.05, 3.63) is 200 Å². The van der Waals surface area contributed by atoms with Crippen LogP contribution in [0.1, 0.15) is 0 Å². The van der Waals surface area contributed by atoms with E-state index < -0.39 is 0 Å². The third-order valence-corrected chi connectivity index (χ3v) is 9.59. The van der Waals surface area contributed by atoms with Crippen molar-refractivity contribution in [2.75, 3.05) is 5.32 Å². The zero-order valence-electron chi connectivity index (χ0n) is 27.5. The summed E-state index contributed by atoms with van der Waals surface area (Å²) in [6, 6.07) is 71.7. The van der Waals surface area contributed by atoms with Gasteiger partial charge in [-0.25, -0.2) is 0 Å². The second-order valence-electron chi connectivity index (χ2n) is 12.7. The van der Waals surface area contributed by atoms with Crippen molar-refractivity contribution in [2.24, 2.45) is 0 Å². The predicted octanol–water partition coefficient (Wildman–Crippen LogP) is 13.2. The van der Waals surface area contributed by atoms with Crippen LogP contribution in [0.5, 0.6) is 0 Å². The quantitative estimate of drug-likeness (QED) is 0.184. The second kappa shape index (κ2) is 12.8. The first-order valence-corrected chi connectivity index (χ1v) is 17.1. The lowest BCUT2D eigenvalue weighted by molar-refractivity contribution is 1.18. The number of aromatic nitrogens is 1. The standard InChI is InChI=1S/C48H34N2/c1-4-13-34(14-5-1)36-23-25-37(26-24-36)44-32-39(27-29-46(44)49-41-18-8-3-9-19-41)40-28-30-48-45(33-40)43-21-10-11-22-47(43)50(48)42-20-12-17-38(31-42)35-15-6-2-7-16-35/h1-33,49H. The molecule has 1 heterocycles. The van der Waals surface area contributed by atoms with Crippen molar-refractivity contribution in [3.63, 3.8) is 0 Å². The highest BCUT2D eigenvalue weighted by molar-refractivity contribution is 6.10. The van der Waals surface area contributed by atoms with E-state index in [0.717, 1.165) is 22.6 Å². The van der Waals surface area contributed by atoms with Crippen LogP contribution in [0.2, 0.25) is 0 Å². The Balaban J connectivity index is 1.16. The Hall–Kier alpha value is -6.64. The molecule has 2 nitrogen and oxygen atoms in total. The summed E-state index contributed by atoms with van der Waals surface area (Å²) in [5.74, 6) is 0. The van der Waals surface area contributed by atoms with E-state index in [0.29, 0.717) is 0 Å². The van der Waals surface area contributed by atoms with Gasteiger partial charge in [-0.15, -0.1) is 0 Å². The predicted molar refractivity (Wildman–Crippen MR) is 212 cm³/mol. The normalized spacial score (nSPS) is 11.2. The van der Waals surface area contributed by atoms with Crippen LogP contribution in [0.25, 0.3) is 72.0 Å². The Kier molecular flexibility index (Phi) is 7.53. The van der Waals surface area contributed by atoms with Crippen molar-refractivity contribution in [3.8, 4) is 50.2 Å². The summed E-state index contributed by atoms with van der Waals surface area (Å²) in [6.07, 6.45) is 0. The molecule has 0 aliphatic carbocycles. The molecule has 0 bridgehead atoms. The van der Waals surface area contributed by atoms with Gasteiger partial charge in [0.1, 0.15) is 0 Å². The molecule has 0 fully saturated rings. The molecule has 236 valence electrons. The number of anilines is 2. The van der Waals surface area contributed by atoms with Gasteiger partial charge in [-0.3, -0.25) is 0 Å². The monoisotopic (exact) mass is 638 g/mol. The van der Waals surface area contributed by atoms with E-state index in [-0.39, 0.29) is 0 Å². The molecule has 2 heteroatoms. The lowest BCUT2D eigenvalue weighted by Gasteiger charge is -2.15. The minimum absolute atomic E-state index is 1.06. The molecule has 8 aromatic carbocycles. The van der Waals surface area contributed by atoms with E-state index in [4.69, 9.17) is 0 Å². The van der Waals surface area contributed by atoms with Gasteiger partial charge in [-0.05, 0) is 93.5 Å². The average Bonchev–Trinajstić information content (AvgIpc) is 3.53. The Morgan fingerprint density at radius 3 is 1.60 bits per heavy atom. The van der Waals surface area contributed by atoms with Crippen LogP contribution in [0, 0.1) is 0 Å². The summed E-state index contributed by atoms with van der Waals surface area (Å²) < 4.78 is 2.40. The number of benzene rings is 8. The fraction of sp³-hybridized carbons (Fsp3) is 0. The minimum atomic E-state index is 1.06. The summed E-state index contributed by atoms with van der Waals surface area (Å²) in [7, 11) is 0.